The van der Waals surface area contributed by atoms with Gasteiger partial charge in [-0.1, -0.05) is 0 Å². The average molecular weight is 152 g/mol. The maximum Gasteiger partial charge on any atom is 0.196 e. The maximum atomic E-state index is 4.01. The Bertz CT molecular complexity index is 272. The fourth-order valence-electron chi connectivity index (χ4n) is 0.656. The minimum Gasteiger partial charge on any atom is -0.306 e. The molecule has 0 unspecified atom stereocenters. The molecule has 1 aromatic rings. The molecule has 0 radical (unpaired) electrons. The van der Waals surface area contributed by atoms with Crippen molar-refractivity contribution in [1.82, 2.24) is 9.97 Å². The number of hydrogen-bond acceptors (Lipinski definition) is 5. The third kappa shape index (κ3) is 0.841. The predicted octanol–water partition coefficient (Wildman–Crippen LogP) is 1.21. The third-order valence-corrected chi connectivity index (χ3v) is 1.58. The van der Waals surface area contributed by atoms with E-state index in [4.69, 9.17) is 0 Å². The standard InChI is InChI=1S/C5H4N4S/c1-2-7-5-4(6-1)8-3-10-9-5/h1-3H,(H,7,9). The van der Waals surface area contributed by atoms with Crippen LogP contribution in [0.1, 0.15) is 0 Å². The SMILES string of the molecule is C1=Nc2nccnc2NS1. The summed E-state index contributed by atoms with van der Waals surface area (Å²) >= 11 is 1.39. The molecule has 1 aliphatic rings. The van der Waals surface area contributed by atoms with Crippen LogP contribution < -0.4 is 4.72 Å². The van der Waals surface area contributed by atoms with Gasteiger partial charge in [-0.05, 0) is 11.9 Å². The highest BCUT2D eigenvalue weighted by molar-refractivity contribution is 8.13. The minimum absolute atomic E-state index is 0.654. The van der Waals surface area contributed by atoms with Gasteiger partial charge in [-0.3, -0.25) is 0 Å². The summed E-state index contributed by atoms with van der Waals surface area (Å²) in [6, 6.07) is 0. The van der Waals surface area contributed by atoms with Gasteiger partial charge in [-0.15, -0.1) is 0 Å². The first kappa shape index (κ1) is 5.67. The zero-order chi connectivity index (χ0) is 6.81. The summed E-state index contributed by atoms with van der Waals surface area (Å²) in [6.45, 7) is 0. The summed E-state index contributed by atoms with van der Waals surface area (Å²) in [6.07, 6.45) is 3.25. The number of hydrogen-bond donors (Lipinski definition) is 1. The van der Waals surface area contributed by atoms with Gasteiger partial charge in [0.15, 0.2) is 11.6 Å². The zero-order valence-corrected chi connectivity index (χ0v) is 5.80. The molecular formula is C5H4N4S. The van der Waals surface area contributed by atoms with Gasteiger partial charge in [-0.25, -0.2) is 15.0 Å². The number of fused-ring (bicyclic) bond motifs is 1. The Morgan fingerprint density at radius 3 is 3.10 bits per heavy atom. The third-order valence-electron chi connectivity index (χ3n) is 1.06. The fourth-order valence-corrected chi connectivity index (χ4v) is 1.12. The van der Waals surface area contributed by atoms with E-state index >= 15 is 0 Å². The summed E-state index contributed by atoms with van der Waals surface area (Å²) < 4.78 is 2.96. The summed E-state index contributed by atoms with van der Waals surface area (Å²) in [5, 5.41) is 0. The van der Waals surface area contributed by atoms with Crippen molar-refractivity contribution >= 4 is 29.1 Å². The number of nitrogens with zero attached hydrogens (tertiary/aromatic N) is 3. The molecule has 0 fully saturated rings. The van der Waals surface area contributed by atoms with E-state index in [1.165, 1.54) is 11.9 Å². The van der Waals surface area contributed by atoms with Crippen LogP contribution in [0.5, 0.6) is 0 Å². The van der Waals surface area contributed by atoms with E-state index in [-0.39, 0.29) is 0 Å². The highest BCUT2D eigenvalue weighted by atomic mass is 32.2. The Morgan fingerprint density at radius 2 is 2.20 bits per heavy atom. The highest BCUT2D eigenvalue weighted by Gasteiger charge is 2.04. The molecule has 0 spiro atoms. The minimum atomic E-state index is 0.654. The monoisotopic (exact) mass is 152 g/mol. The lowest BCUT2D eigenvalue weighted by Crippen LogP contribution is -1.95. The van der Waals surface area contributed by atoms with E-state index in [0.717, 1.165) is 5.82 Å². The van der Waals surface area contributed by atoms with Gasteiger partial charge in [0.2, 0.25) is 0 Å². The van der Waals surface area contributed by atoms with E-state index in [1.807, 2.05) is 0 Å². The summed E-state index contributed by atoms with van der Waals surface area (Å²) in [7, 11) is 0. The molecule has 1 aromatic heterocycles. The van der Waals surface area contributed by atoms with Crippen LogP contribution in [-0.4, -0.2) is 15.5 Å². The van der Waals surface area contributed by atoms with Crippen molar-refractivity contribution in [1.29, 1.82) is 0 Å². The lowest BCUT2D eigenvalue weighted by Gasteiger charge is -2.06. The molecule has 50 valence electrons. The van der Waals surface area contributed by atoms with Crippen molar-refractivity contribution in [2.75, 3.05) is 4.72 Å². The van der Waals surface area contributed by atoms with Crippen molar-refractivity contribution in [3.8, 4) is 0 Å². The van der Waals surface area contributed by atoms with Gasteiger partial charge >= 0.3 is 0 Å². The van der Waals surface area contributed by atoms with Crippen LogP contribution in [0.25, 0.3) is 0 Å². The molecule has 5 heteroatoms. The number of rotatable bonds is 0. The van der Waals surface area contributed by atoms with Crippen LogP contribution in [0.15, 0.2) is 17.4 Å². The molecule has 2 heterocycles. The normalized spacial score (nSPS) is 14.0. The van der Waals surface area contributed by atoms with E-state index in [1.54, 1.807) is 17.9 Å². The topological polar surface area (TPSA) is 50.2 Å². The predicted molar refractivity (Wildman–Crippen MR) is 41.4 cm³/mol. The summed E-state index contributed by atoms with van der Waals surface area (Å²) in [5.74, 6) is 1.39. The first-order valence-electron chi connectivity index (χ1n) is 2.72. The van der Waals surface area contributed by atoms with Crippen LogP contribution in [0.3, 0.4) is 0 Å². The number of aliphatic imine (C=N–C) groups is 1. The molecule has 0 bridgehead atoms. The Labute approximate surface area is 61.9 Å². The lowest BCUT2D eigenvalue weighted by molar-refractivity contribution is 1.19. The van der Waals surface area contributed by atoms with Gasteiger partial charge in [0.05, 0.1) is 5.55 Å². The maximum absolute atomic E-state index is 4.01. The Balaban J connectivity index is 2.54. The molecule has 2 rings (SSSR count). The van der Waals surface area contributed by atoms with Crippen molar-refractivity contribution in [3.63, 3.8) is 0 Å². The van der Waals surface area contributed by atoms with Crippen molar-refractivity contribution < 1.29 is 0 Å². The summed E-state index contributed by atoms with van der Waals surface area (Å²) in [5.41, 5.74) is 1.69. The average Bonchev–Trinajstić information content (AvgIpc) is 2.05. The van der Waals surface area contributed by atoms with Gasteiger partial charge < -0.3 is 4.72 Å². The van der Waals surface area contributed by atoms with Crippen molar-refractivity contribution in [2.24, 2.45) is 4.99 Å². The van der Waals surface area contributed by atoms with Crippen LogP contribution in [0.2, 0.25) is 0 Å². The van der Waals surface area contributed by atoms with E-state index in [9.17, 15) is 0 Å². The molecule has 0 atom stereocenters. The van der Waals surface area contributed by atoms with Crippen LogP contribution in [0.4, 0.5) is 11.6 Å². The second-order valence-corrected chi connectivity index (χ2v) is 2.33. The second kappa shape index (κ2) is 2.26. The molecule has 1 N–H and O–H groups in total. The largest absolute Gasteiger partial charge is 0.306 e. The number of nitrogens with one attached hydrogen (secondary N) is 1. The van der Waals surface area contributed by atoms with E-state index in [0.29, 0.717) is 5.82 Å². The lowest BCUT2D eigenvalue weighted by atomic mass is 10.6. The van der Waals surface area contributed by atoms with Crippen LogP contribution >= 0.6 is 11.9 Å². The molecule has 0 aromatic carbocycles. The first-order chi connectivity index (χ1) is 4.97. The first-order valence-corrected chi connectivity index (χ1v) is 3.60. The number of aromatic nitrogens is 2. The highest BCUT2D eigenvalue weighted by Crippen LogP contribution is 2.24. The summed E-state index contributed by atoms with van der Waals surface area (Å²) in [4.78, 5) is 12.0. The molecule has 0 saturated heterocycles. The Morgan fingerprint density at radius 1 is 1.30 bits per heavy atom. The van der Waals surface area contributed by atoms with Crippen molar-refractivity contribution in [2.45, 2.75) is 0 Å². The smallest absolute Gasteiger partial charge is 0.196 e. The van der Waals surface area contributed by atoms with Gasteiger partial charge in [-0.2, -0.15) is 0 Å². The van der Waals surface area contributed by atoms with Crippen LogP contribution in [0, 0.1) is 0 Å². The molecule has 0 amide bonds. The van der Waals surface area contributed by atoms with Crippen molar-refractivity contribution in [3.05, 3.63) is 12.4 Å². The van der Waals surface area contributed by atoms with Gasteiger partial charge in [0, 0.05) is 12.4 Å². The molecule has 1 aliphatic heterocycles. The molecule has 10 heavy (non-hydrogen) atoms. The quantitative estimate of drug-likeness (QED) is 0.568. The molecular weight excluding hydrogens is 148 g/mol. The fraction of sp³-hybridized carbons (Fsp3) is 0. The van der Waals surface area contributed by atoms with E-state index < -0.39 is 0 Å². The zero-order valence-electron chi connectivity index (χ0n) is 4.98. The number of anilines is 1. The van der Waals surface area contributed by atoms with Gasteiger partial charge in [0.25, 0.3) is 0 Å². The van der Waals surface area contributed by atoms with Crippen LogP contribution in [-0.2, 0) is 0 Å². The van der Waals surface area contributed by atoms with Gasteiger partial charge in [0.1, 0.15) is 0 Å². The Kier molecular flexibility index (Phi) is 1.28. The molecule has 4 nitrogen and oxygen atoms in total. The second-order valence-electron chi connectivity index (χ2n) is 1.68. The Hall–Kier alpha value is -1.10. The molecule has 0 aliphatic carbocycles. The van der Waals surface area contributed by atoms with E-state index in [2.05, 4.69) is 19.7 Å². The molecule has 0 saturated carbocycles.